The van der Waals surface area contributed by atoms with Crippen LogP contribution >= 0.6 is 25.1 Å². The quantitative estimate of drug-likeness (QED) is 0.374. The molecule has 1 aromatic heterocycles. The summed E-state index contributed by atoms with van der Waals surface area (Å²) in [6, 6.07) is 31.5. The monoisotopic (exact) mass is 410 g/mol. The Hall–Kier alpha value is -1.86. The zero-order valence-corrected chi connectivity index (χ0v) is 17.4. The van der Waals surface area contributed by atoms with Gasteiger partial charge in [-0.25, -0.2) is 0 Å². The van der Waals surface area contributed by atoms with Crippen LogP contribution in [0.4, 0.5) is 0 Å². The molecular weight excluding hydrogens is 395 g/mol. The lowest BCUT2D eigenvalue weighted by Gasteiger charge is -2.29. The van der Waals surface area contributed by atoms with Crippen LogP contribution in [0.3, 0.4) is 0 Å². The number of hydrogen-bond acceptors (Lipinski definition) is 4. The molecule has 126 valence electrons. The lowest BCUT2D eigenvalue weighted by Crippen LogP contribution is -2.71. The summed E-state index contributed by atoms with van der Waals surface area (Å²) >= 11 is 0. The number of nitrogens with zero attached hydrogens (tertiary/aromatic N) is 3. The van der Waals surface area contributed by atoms with Crippen LogP contribution in [-0.4, -0.2) is 21.8 Å². The molecule has 0 unspecified atom stereocenters. The first kappa shape index (κ1) is 17.5. The van der Waals surface area contributed by atoms with Crippen molar-refractivity contribution >= 4 is 49.0 Å². The zero-order valence-electron chi connectivity index (χ0n) is 13.8. The minimum Gasteiger partial charge on any atom is -0.273 e. The Morgan fingerprint density at radius 2 is 1.00 bits per heavy atom. The summed E-state index contributed by atoms with van der Waals surface area (Å²) in [5, 5.41) is 3.59. The summed E-state index contributed by atoms with van der Waals surface area (Å²) in [4.78, 5) is 0. The number of rotatable bonds is 5. The first-order chi connectivity index (χ1) is 12.9. The molecule has 0 aliphatic rings. The molecule has 0 saturated heterocycles. The molecule has 4 rings (SSSR count). The zero-order chi connectivity index (χ0) is 17.7. The van der Waals surface area contributed by atoms with Crippen LogP contribution < -0.4 is 19.8 Å². The topological polar surface area (TPSA) is 47.9 Å². The van der Waals surface area contributed by atoms with E-state index in [0.29, 0.717) is 17.0 Å². The van der Waals surface area contributed by atoms with Crippen LogP contribution in [0.15, 0.2) is 91.0 Å². The van der Waals surface area contributed by atoms with Crippen molar-refractivity contribution in [1.82, 2.24) is 13.5 Å². The van der Waals surface area contributed by atoms with Gasteiger partial charge in [0.1, 0.15) is 0 Å². The lowest BCUT2D eigenvalue weighted by atomic mass is 10.3. The van der Waals surface area contributed by atoms with Crippen LogP contribution in [0.2, 0.25) is 0 Å². The van der Waals surface area contributed by atoms with Crippen molar-refractivity contribution < 1.29 is 4.21 Å². The summed E-state index contributed by atoms with van der Waals surface area (Å²) in [5.41, 5.74) is 0. The molecule has 0 fully saturated rings. The van der Waals surface area contributed by atoms with E-state index in [4.69, 9.17) is 4.21 Å². The van der Waals surface area contributed by atoms with Crippen molar-refractivity contribution in [2.75, 3.05) is 0 Å². The van der Waals surface area contributed by atoms with Crippen molar-refractivity contribution in [3.63, 3.8) is 0 Å². The average Bonchev–Trinajstić information content (AvgIpc) is 2.75. The molecule has 0 spiro atoms. The smallest absolute Gasteiger partial charge is 0.273 e. The van der Waals surface area contributed by atoms with Crippen LogP contribution in [0.1, 0.15) is 0 Å². The highest BCUT2D eigenvalue weighted by molar-refractivity contribution is 7.52. The molecule has 0 N–H and O–H groups in total. The second-order valence-electron chi connectivity index (χ2n) is 5.57. The van der Waals surface area contributed by atoms with E-state index in [9.17, 15) is 0 Å². The molecule has 0 atom stereocenters. The van der Waals surface area contributed by atoms with Gasteiger partial charge in [0.25, 0.3) is 0 Å². The summed E-state index contributed by atoms with van der Waals surface area (Å²) in [5.74, 6) is 0. The van der Waals surface area contributed by atoms with Crippen molar-refractivity contribution in [2.24, 2.45) is 0 Å². The summed E-state index contributed by atoms with van der Waals surface area (Å²) in [7, 11) is -2.55. The van der Waals surface area contributed by atoms with E-state index in [1.165, 1.54) is 15.6 Å². The second kappa shape index (κ2) is 8.22. The van der Waals surface area contributed by atoms with Gasteiger partial charge in [0, 0.05) is 0 Å². The van der Waals surface area contributed by atoms with Gasteiger partial charge in [-0.05, 0) is 29.1 Å². The van der Waals surface area contributed by atoms with Crippen molar-refractivity contribution in [1.29, 1.82) is 0 Å². The van der Waals surface area contributed by atoms with E-state index < -0.39 is 16.4 Å². The summed E-state index contributed by atoms with van der Waals surface area (Å²) in [6.45, 7) is 0. The van der Waals surface area contributed by atoms with Crippen molar-refractivity contribution in [2.45, 2.75) is 0 Å². The largest absolute Gasteiger partial charge is 0.348 e. The van der Waals surface area contributed by atoms with E-state index in [-0.39, 0.29) is 0 Å². The molecular formula is C18H15N3OP3Si+. The Kier molecular flexibility index (Phi) is 5.55. The Morgan fingerprint density at radius 3 is 1.38 bits per heavy atom. The molecule has 0 radical (unpaired) electrons. The molecule has 26 heavy (non-hydrogen) atoms. The summed E-state index contributed by atoms with van der Waals surface area (Å²) in [6.07, 6.45) is 0. The van der Waals surface area contributed by atoms with Gasteiger partial charge in [0.05, 0.1) is 0 Å². The third-order valence-electron chi connectivity index (χ3n) is 4.07. The third-order valence-corrected chi connectivity index (χ3v) is 11.8. The highest BCUT2D eigenvalue weighted by atomic mass is 31.2. The Balaban J connectivity index is 2.00. The predicted octanol–water partition coefficient (Wildman–Crippen LogP) is 3.40. The van der Waals surface area contributed by atoms with Gasteiger partial charge in [-0.2, -0.15) is 0 Å². The van der Waals surface area contributed by atoms with Crippen LogP contribution in [-0.2, 0) is 0 Å². The Bertz CT molecular complexity index is 867. The lowest BCUT2D eigenvalue weighted by molar-refractivity contribution is 0.735. The molecule has 0 saturated carbocycles. The highest BCUT2D eigenvalue weighted by Crippen LogP contribution is 2.23. The first-order valence-corrected chi connectivity index (χ1v) is 12.7. The maximum absolute atomic E-state index is 6.83. The molecule has 8 heteroatoms. The van der Waals surface area contributed by atoms with E-state index in [2.05, 4.69) is 86.3 Å². The molecule has 0 aliphatic heterocycles. The normalized spacial score (nSPS) is 12.5. The SMILES string of the molecule is c1ccc([Si](O[p+]2npnpn2)(c2ccccc2)c2ccccc2)cc1. The van der Waals surface area contributed by atoms with E-state index >= 15 is 0 Å². The molecule has 0 aliphatic carbocycles. The highest BCUT2D eigenvalue weighted by Gasteiger charge is 2.45. The van der Waals surface area contributed by atoms with Gasteiger partial charge in [-0.3, -0.25) is 4.21 Å². The van der Waals surface area contributed by atoms with E-state index in [0.717, 1.165) is 0 Å². The number of benzene rings is 3. The van der Waals surface area contributed by atoms with Gasteiger partial charge < -0.3 is 0 Å². The number of hydrogen-bond donors (Lipinski definition) is 0. The second-order valence-corrected chi connectivity index (χ2v) is 12.4. The summed E-state index contributed by atoms with van der Waals surface area (Å²) < 4.78 is 20.0. The Morgan fingerprint density at radius 1 is 0.615 bits per heavy atom. The fourth-order valence-corrected chi connectivity index (χ4v) is 11.2. The average molecular weight is 410 g/mol. The van der Waals surface area contributed by atoms with Crippen LogP contribution in [0.5, 0.6) is 0 Å². The molecule has 1 heterocycles. The van der Waals surface area contributed by atoms with Gasteiger partial charge in [-0.1, -0.05) is 91.0 Å². The van der Waals surface area contributed by atoms with Gasteiger partial charge in [0.15, 0.2) is 0 Å². The van der Waals surface area contributed by atoms with Crippen molar-refractivity contribution in [3.05, 3.63) is 91.0 Å². The third kappa shape index (κ3) is 3.50. The fourth-order valence-electron chi connectivity index (χ4n) is 2.98. The van der Waals surface area contributed by atoms with Crippen molar-refractivity contribution in [3.8, 4) is 0 Å². The molecule has 4 nitrogen and oxygen atoms in total. The first-order valence-electron chi connectivity index (χ1n) is 8.07. The predicted molar refractivity (Wildman–Crippen MR) is 113 cm³/mol. The minimum atomic E-state index is -2.72. The number of aromatic nitrogens is 3. The maximum Gasteiger partial charge on any atom is 0.348 e. The van der Waals surface area contributed by atoms with Crippen LogP contribution in [0, 0.1) is 0 Å². The van der Waals surface area contributed by atoms with Gasteiger partial charge >= 0.3 is 33.4 Å². The fraction of sp³-hybridized carbons (Fsp3) is 0. The molecule has 4 aromatic rings. The van der Waals surface area contributed by atoms with Crippen LogP contribution in [0.25, 0.3) is 0 Å². The van der Waals surface area contributed by atoms with Gasteiger partial charge in [0.2, 0.25) is 0 Å². The standard InChI is InChI=1S/C18H15N3OP3Si/c1-4-10-16(11-5-1)26(17-12-6-2-7-13-17,18-14-8-3-9-15-18)22-25-20-23-19-24-21-25/h1-15H/q+1. The molecule has 0 amide bonds. The van der Waals surface area contributed by atoms with E-state index in [1.807, 2.05) is 18.2 Å². The Labute approximate surface area is 157 Å². The molecule has 0 bridgehead atoms. The van der Waals surface area contributed by atoms with E-state index in [1.54, 1.807) is 0 Å². The van der Waals surface area contributed by atoms with Gasteiger partial charge in [-0.15, -0.1) is 0 Å². The maximum atomic E-state index is 6.83. The minimum absolute atomic E-state index is 0.705. The molecule has 3 aromatic carbocycles.